The summed E-state index contributed by atoms with van der Waals surface area (Å²) in [5.41, 5.74) is 2.07. The normalized spacial score (nSPS) is 16.0. The number of nitrogens with one attached hydrogen (secondary N) is 2. The smallest absolute Gasteiger partial charge is 0.443 e. The lowest BCUT2D eigenvalue weighted by Crippen LogP contribution is -2.54. The van der Waals surface area contributed by atoms with Gasteiger partial charge in [-0.05, 0) is 44.9 Å². The quantitative estimate of drug-likeness (QED) is 0.296. The number of rotatable bonds is 7. The van der Waals surface area contributed by atoms with Crippen molar-refractivity contribution < 1.29 is 27.9 Å². The van der Waals surface area contributed by atoms with E-state index in [-0.39, 0.29) is 36.6 Å². The van der Waals surface area contributed by atoms with Crippen LogP contribution in [0.25, 0.3) is 22.6 Å². The zero-order valence-electron chi connectivity index (χ0n) is 22.5. The fraction of sp³-hybridized carbons (Fsp3) is 0.440. The van der Waals surface area contributed by atoms with Crippen LogP contribution in [0.3, 0.4) is 0 Å². The number of piperazine rings is 1. The highest BCUT2D eigenvalue weighted by Crippen LogP contribution is 2.42. The Morgan fingerprint density at radius 1 is 1.20 bits per heavy atom. The van der Waals surface area contributed by atoms with Gasteiger partial charge in [0.05, 0.1) is 11.0 Å². The van der Waals surface area contributed by atoms with Crippen LogP contribution in [0, 0.1) is 13.8 Å². The van der Waals surface area contributed by atoms with E-state index in [1.165, 1.54) is 0 Å². The molecule has 0 spiro atoms. The molecule has 218 valence electrons. The molecular formula is C25H28F3N9O3S. The molecule has 3 aromatic heterocycles. The molecule has 12 nitrogen and oxygen atoms in total. The first-order valence-electron chi connectivity index (χ1n) is 12.9. The molecule has 0 radical (unpaired) electrons. The molecule has 0 saturated carbocycles. The zero-order valence-corrected chi connectivity index (χ0v) is 23.3. The van der Waals surface area contributed by atoms with E-state index >= 15 is 0 Å². The van der Waals surface area contributed by atoms with Gasteiger partial charge in [-0.25, -0.2) is 24.4 Å². The van der Waals surface area contributed by atoms with E-state index in [4.69, 9.17) is 5.11 Å². The van der Waals surface area contributed by atoms with Crippen LogP contribution in [-0.2, 0) is 23.9 Å². The second kappa shape index (κ2) is 11.0. The first kappa shape index (κ1) is 28.3. The SMILES string of the molecule is Cc1nc(C)n(CC(=O)N2CCN(c3sc(C(F)(F)F)nc3-c3nc4ccc(CCNC(=O)O)cc4[nH]3)C[C@H]2C)n1. The minimum Gasteiger partial charge on any atom is -0.465 e. The first-order chi connectivity index (χ1) is 19.4. The molecule has 4 aromatic rings. The van der Waals surface area contributed by atoms with Gasteiger partial charge in [0.2, 0.25) is 10.9 Å². The molecule has 1 atom stereocenters. The van der Waals surface area contributed by atoms with Gasteiger partial charge in [0, 0.05) is 32.2 Å². The van der Waals surface area contributed by atoms with Gasteiger partial charge in [-0.3, -0.25) is 4.79 Å². The van der Waals surface area contributed by atoms with Crippen LogP contribution in [0.4, 0.5) is 23.0 Å². The van der Waals surface area contributed by atoms with Gasteiger partial charge < -0.3 is 25.2 Å². The van der Waals surface area contributed by atoms with Crippen LogP contribution in [0.1, 0.15) is 29.1 Å². The summed E-state index contributed by atoms with van der Waals surface area (Å²) in [4.78, 5) is 43.0. The lowest BCUT2D eigenvalue weighted by Gasteiger charge is -2.40. The van der Waals surface area contributed by atoms with E-state index in [1.807, 2.05) is 11.8 Å². The van der Waals surface area contributed by atoms with E-state index in [0.29, 0.717) is 65.1 Å². The van der Waals surface area contributed by atoms with Crippen molar-refractivity contribution in [2.45, 2.75) is 46.0 Å². The van der Waals surface area contributed by atoms with Gasteiger partial charge in [0.1, 0.15) is 28.9 Å². The largest absolute Gasteiger partial charge is 0.465 e. The number of nitrogens with zero attached hydrogens (tertiary/aromatic N) is 7. The molecule has 0 unspecified atom stereocenters. The third-order valence-corrected chi connectivity index (χ3v) is 7.96. The Balaban J connectivity index is 1.38. The molecule has 16 heteroatoms. The number of alkyl halides is 3. The lowest BCUT2D eigenvalue weighted by molar-refractivity contribution is -0.137. The standard InChI is InChI=1S/C25H28F3N9O3S/c1-13-11-35(8-9-36(13)19(38)12-37-15(3)30-14(2)34-37)22-20(33-23(41-22)25(26,27)28)21-31-17-5-4-16(10-18(17)32-21)6-7-29-24(39)40/h4-5,10,13,29H,6-9,11-12H2,1-3H3,(H,31,32)(H,39,40)/t13-/m1/s1. The number of carbonyl (C=O) groups is 2. The van der Waals surface area contributed by atoms with Gasteiger partial charge in [-0.1, -0.05) is 17.4 Å². The van der Waals surface area contributed by atoms with Crippen molar-refractivity contribution in [1.29, 1.82) is 0 Å². The number of amides is 2. The maximum Gasteiger partial charge on any atom is 0.443 e. The Bertz CT molecular complexity index is 1600. The highest BCUT2D eigenvalue weighted by molar-refractivity contribution is 7.16. The second-order valence-corrected chi connectivity index (χ2v) is 10.8. The maximum absolute atomic E-state index is 13.8. The molecule has 41 heavy (non-hydrogen) atoms. The van der Waals surface area contributed by atoms with Crippen LogP contribution in [0.2, 0.25) is 0 Å². The molecule has 3 N–H and O–H groups in total. The molecule has 2 amide bonds. The van der Waals surface area contributed by atoms with Gasteiger partial charge in [0.25, 0.3) is 0 Å². The summed E-state index contributed by atoms with van der Waals surface area (Å²) in [5, 5.41) is 14.7. The number of aromatic amines is 1. The number of carboxylic acid groups (broad SMARTS) is 1. The molecule has 1 fully saturated rings. The summed E-state index contributed by atoms with van der Waals surface area (Å²) >= 11 is 0.554. The third kappa shape index (κ3) is 6.11. The number of carbonyl (C=O) groups excluding carboxylic acids is 1. The van der Waals surface area contributed by atoms with Crippen molar-refractivity contribution in [3.63, 3.8) is 0 Å². The first-order valence-corrected chi connectivity index (χ1v) is 13.7. The van der Waals surface area contributed by atoms with Crippen LogP contribution in [0.5, 0.6) is 0 Å². The molecule has 0 bridgehead atoms. The lowest BCUT2D eigenvalue weighted by atomic mass is 10.1. The maximum atomic E-state index is 13.8. The van der Waals surface area contributed by atoms with Crippen LogP contribution >= 0.6 is 11.3 Å². The average Bonchev–Trinajstić information content (AvgIpc) is 3.59. The Morgan fingerprint density at radius 3 is 2.63 bits per heavy atom. The number of halogens is 3. The van der Waals surface area contributed by atoms with Crippen molar-refractivity contribution in [3.05, 3.63) is 40.4 Å². The van der Waals surface area contributed by atoms with Crippen molar-refractivity contribution in [3.8, 4) is 11.5 Å². The number of anilines is 1. The predicted molar refractivity (Wildman–Crippen MR) is 145 cm³/mol. The van der Waals surface area contributed by atoms with Gasteiger partial charge in [0.15, 0.2) is 5.82 Å². The number of H-pyrrole nitrogens is 1. The van der Waals surface area contributed by atoms with Crippen molar-refractivity contribution in [2.75, 3.05) is 31.1 Å². The van der Waals surface area contributed by atoms with Crippen LogP contribution in [0.15, 0.2) is 18.2 Å². The van der Waals surface area contributed by atoms with Crippen LogP contribution in [-0.4, -0.2) is 83.9 Å². The molecule has 4 heterocycles. The summed E-state index contributed by atoms with van der Waals surface area (Å²) in [7, 11) is 0. The molecule has 1 aliphatic heterocycles. The summed E-state index contributed by atoms with van der Waals surface area (Å²) in [6, 6.07) is 5.03. The summed E-state index contributed by atoms with van der Waals surface area (Å²) < 4.78 is 42.8. The number of hydrogen-bond donors (Lipinski definition) is 3. The fourth-order valence-electron chi connectivity index (χ4n) is 4.88. The van der Waals surface area contributed by atoms with E-state index in [2.05, 4.69) is 30.4 Å². The molecule has 0 aliphatic carbocycles. The number of aryl methyl sites for hydroxylation is 2. The van der Waals surface area contributed by atoms with Gasteiger partial charge >= 0.3 is 12.3 Å². The van der Waals surface area contributed by atoms with Gasteiger partial charge in [-0.2, -0.15) is 18.3 Å². The Hall–Kier alpha value is -4.21. The Labute approximate surface area is 236 Å². The minimum atomic E-state index is -4.63. The Morgan fingerprint density at radius 2 is 1.98 bits per heavy atom. The number of aromatic nitrogens is 6. The number of fused-ring (bicyclic) bond motifs is 1. The number of imidazole rings is 1. The molecule has 1 saturated heterocycles. The van der Waals surface area contributed by atoms with Crippen LogP contribution < -0.4 is 10.2 Å². The summed E-state index contributed by atoms with van der Waals surface area (Å²) in [6.45, 7) is 6.58. The fourth-order valence-corrected chi connectivity index (χ4v) is 5.85. The van der Waals surface area contributed by atoms with E-state index in [9.17, 15) is 22.8 Å². The number of thiazole rings is 1. The Kier molecular flexibility index (Phi) is 7.59. The predicted octanol–water partition coefficient (Wildman–Crippen LogP) is 3.46. The summed E-state index contributed by atoms with van der Waals surface area (Å²) in [5.74, 6) is 1.26. The number of hydrogen-bond acceptors (Lipinski definition) is 8. The van der Waals surface area contributed by atoms with E-state index < -0.39 is 17.3 Å². The molecule has 1 aliphatic rings. The molecular weight excluding hydrogens is 563 g/mol. The zero-order chi connectivity index (χ0) is 29.5. The summed E-state index contributed by atoms with van der Waals surface area (Å²) in [6.07, 6.45) is -5.31. The molecule has 1 aromatic carbocycles. The van der Waals surface area contributed by atoms with Crippen molar-refractivity contribution >= 4 is 39.4 Å². The average molecular weight is 592 g/mol. The second-order valence-electron chi connectivity index (χ2n) is 9.84. The highest BCUT2D eigenvalue weighted by Gasteiger charge is 2.39. The van der Waals surface area contributed by atoms with E-state index in [0.717, 1.165) is 5.56 Å². The highest BCUT2D eigenvalue weighted by atomic mass is 32.1. The van der Waals surface area contributed by atoms with E-state index in [1.54, 1.807) is 41.6 Å². The monoisotopic (exact) mass is 591 g/mol. The topological polar surface area (TPSA) is 145 Å². The number of benzene rings is 1. The minimum absolute atomic E-state index is 0.0361. The van der Waals surface area contributed by atoms with Gasteiger partial charge in [-0.15, -0.1) is 0 Å². The third-order valence-electron chi connectivity index (χ3n) is 6.79. The van der Waals surface area contributed by atoms with Crippen molar-refractivity contribution in [2.24, 2.45) is 0 Å². The van der Waals surface area contributed by atoms with Crippen molar-refractivity contribution in [1.82, 2.24) is 39.9 Å². The molecule has 5 rings (SSSR count).